The number of nitriles is 1. The van der Waals surface area contributed by atoms with Crippen LogP contribution in [0.25, 0.3) is 0 Å². The van der Waals surface area contributed by atoms with Gasteiger partial charge in [-0.25, -0.2) is 4.72 Å². The molecule has 0 aromatic carbocycles. The van der Waals surface area contributed by atoms with Crippen LogP contribution in [0.4, 0.5) is 0 Å². The summed E-state index contributed by atoms with van der Waals surface area (Å²) < 4.78 is 27.4. The number of nitrogens with zero attached hydrogens (tertiary/aromatic N) is 1. The average molecular weight is 219 g/mol. The van der Waals surface area contributed by atoms with Gasteiger partial charge in [-0.2, -0.15) is 18.4 Å². The van der Waals surface area contributed by atoms with E-state index in [2.05, 4.69) is 9.44 Å². The van der Waals surface area contributed by atoms with Crippen molar-refractivity contribution in [2.24, 2.45) is 0 Å². The minimum atomic E-state index is -3.43. The molecule has 0 spiro atoms. The highest BCUT2D eigenvalue weighted by molar-refractivity contribution is 7.87. The molecular formula is C8H17N3O2S. The van der Waals surface area contributed by atoms with Crippen LogP contribution in [-0.2, 0) is 10.2 Å². The van der Waals surface area contributed by atoms with Crippen LogP contribution >= 0.6 is 0 Å². The topological polar surface area (TPSA) is 82.0 Å². The Balaban J connectivity index is 4.12. The number of rotatable bonds is 7. The molecule has 0 fully saturated rings. The second kappa shape index (κ2) is 6.76. The molecule has 0 aromatic rings. The van der Waals surface area contributed by atoms with Gasteiger partial charge in [0.15, 0.2) is 0 Å². The fraction of sp³-hybridized carbons (Fsp3) is 0.875. The molecular weight excluding hydrogens is 202 g/mol. The molecule has 0 radical (unpaired) electrons. The van der Waals surface area contributed by atoms with Crippen molar-refractivity contribution in [1.82, 2.24) is 9.44 Å². The Kier molecular flexibility index (Phi) is 6.45. The van der Waals surface area contributed by atoms with E-state index in [0.29, 0.717) is 13.0 Å². The SMILES string of the molecule is CCCNS(=O)(=O)NC(CC)CC#N. The molecule has 0 amide bonds. The van der Waals surface area contributed by atoms with Crippen molar-refractivity contribution in [2.75, 3.05) is 6.54 Å². The van der Waals surface area contributed by atoms with E-state index in [0.717, 1.165) is 6.42 Å². The van der Waals surface area contributed by atoms with Gasteiger partial charge < -0.3 is 0 Å². The summed E-state index contributed by atoms with van der Waals surface area (Å²) in [6.45, 7) is 4.14. The molecule has 1 atom stereocenters. The molecule has 0 saturated heterocycles. The van der Waals surface area contributed by atoms with Crippen LogP contribution < -0.4 is 9.44 Å². The Morgan fingerprint density at radius 1 is 1.43 bits per heavy atom. The van der Waals surface area contributed by atoms with Crippen molar-refractivity contribution in [3.63, 3.8) is 0 Å². The van der Waals surface area contributed by atoms with Gasteiger partial charge >= 0.3 is 0 Å². The Bertz CT molecular complexity index is 281. The second-order valence-corrected chi connectivity index (χ2v) is 4.51. The summed E-state index contributed by atoms with van der Waals surface area (Å²) in [5.74, 6) is 0. The van der Waals surface area contributed by atoms with Gasteiger partial charge in [-0.15, -0.1) is 0 Å². The van der Waals surface area contributed by atoms with E-state index in [4.69, 9.17) is 5.26 Å². The smallest absolute Gasteiger partial charge is 0.202 e. The lowest BCUT2D eigenvalue weighted by Gasteiger charge is -2.13. The Hall–Kier alpha value is -0.640. The summed E-state index contributed by atoms with van der Waals surface area (Å²) in [6, 6.07) is 1.65. The predicted molar refractivity (Wildman–Crippen MR) is 54.7 cm³/mol. The molecule has 2 N–H and O–H groups in total. The minimum Gasteiger partial charge on any atom is -0.202 e. The first kappa shape index (κ1) is 13.4. The van der Waals surface area contributed by atoms with Crippen LogP contribution in [-0.4, -0.2) is 21.0 Å². The van der Waals surface area contributed by atoms with Crippen molar-refractivity contribution in [1.29, 1.82) is 5.26 Å². The van der Waals surface area contributed by atoms with E-state index in [1.807, 2.05) is 19.9 Å². The van der Waals surface area contributed by atoms with Crippen molar-refractivity contribution in [3.8, 4) is 6.07 Å². The van der Waals surface area contributed by atoms with E-state index in [-0.39, 0.29) is 12.5 Å². The number of nitrogens with one attached hydrogen (secondary N) is 2. The van der Waals surface area contributed by atoms with Crippen LogP contribution in [0.1, 0.15) is 33.1 Å². The van der Waals surface area contributed by atoms with Crippen molar-refractivity contribution in [2.45, 2.75) is 39.2 Å². The van der Waals surface area contributed by atoms with E-state index in [1.165, 1.54) is 0 Å². The quantitative estimate of drug-likeness (QED) is 0.654. The van der Waals surface area contributed by atoms with E-state index in [1.54, 1.807) is 0 Å². The molecule has 0 rings (SSSR count). The standard InChI is InChI=1S/C8H17N3O2S/c1-3-7-10-14(12,13)11-8(4-2)5-6-9/h8,10-11H,3-5,7H2,1-2H3. The lowest BCUT2D eigenvalue weighted by molar-refractivity contribution is 0.530. The molecule has 1 unspecified atom stereocenters. The van der Waals surface area contributed by atoms with E-state index in [9.17, 15) is 8.42 Å². The highest BCUT2D eigenvalue weighted by Gasteiger charge is 2.14. The Labute approximate surface area is 85.7 Å². The maximum Gasteiger partial charge on any atom is 0.277 e. The fourth-order valence-corrected chi connectivity index (χ4v) is 2.12. The first-order valence-electron chi connectivity index (χ1n) is 4.69. The summed E-state index contributed by atoms with van der Waals surface area (Å²) in [4.78, 5) is 0. The zero-order chi connectivity index (χ0) is 11.0. The summed E-state index contributed by atoms with van der Waals surface area (Å²) >= 11 is 0. The molecule has 0 aromatic heterocycles. The minimum absolute atomic E-state index is 0.198. The van der Waals surface area contributed by atoms with Gasteiger partial charge in [-0.1, -0.05) is 13.8 Å². The van der Waals surface area contributed by atoms with Gasteiger partial charge in [0.05, 0.1) is 12.5 Å². The maximum absolute atomic E-state index is 11.3. The number of hydrogen-bond donors (Lipinski definition) is 2. The Morgan fingerprint density at radius 2 is 2.07 bits per heavy atom. The number of hydrogen-bond acceptors (Lipinski definition) is 3. The third kappa shape index (κ3) is 5.91. The van der Waals surface area contributed by atoms with Gasteiger partial charge in [0.1, 0.15) is 0 Å². The van der Waals surface area contributed by atoms with Gasteiger partial charge in [-0.3, -0.25) is 0 Å². The largest absolute Gasteiger partial charge is 0.277 e. The summed E-state index contributed by atoms with van der Waals surface area (Å²) in [5, 5.41) is 8.44. The van der Waals surface area contributed by atoms with Crippen LogP contribution in [0.2, 0.25) is 0 Å². The maximum atomic E-state index is 11.3. The summed E-state index contributed by atoms with van der Waals surface area (Å²) in [7, 11) is -3.43. The summed E-state index contributed by atoms with van der Waals surface area (Å²) in [6.07, 6.45) is 1.56. The zero-order valence-electron chi connectivity index (χ0n) is 8.58. The lowest BCUT2D eigenvalue weighted by atomic mass is 10.2. The molecule has 6 heteroatoms. The van der Waals surface area contributed by atoms with Gasteiger partial charge in [-0.05, 0) is 12.8 Å². The Morgan fingerprint density at radius 3 is 2.50 bits per heavy atom. The first-order chi connectivity index (χ1) is 6.55. The molecule has 0 aliphatic carbocycles. The van der Waals surface area contributed by atoms with Crippen LogP contribution in [0.5, 0.6) is 0 Å². The third-order valence-electron chi connectivity index (χ3n) is 1.69. The average Bonchev–Trinajstić information content (AvgIpc) is 2.14. The first-order valence-corrected chi connectivity index (χ1v) is 6.17. The normalized spacial score (nSPS) is 13.5. The molecule has 0 heterocycles. The monoisotopic (exact) mass is 219 g/mol. The molecule has 0 saturated carbocycles. The predicted octanol–water partition coefficient (Wildman–Crippen LogP) is 0.513. The molecule has 0 bridgehead atoms. The van der Waals surface area contributed by atoms with Crippen LogP contribution in [0.15, 0.2) is 0 Å². The molecule has 14 heavy (non-hydrogen) atoms. The lowest BCUT2D eigenvalue weighted by Crippen LogP contribution is -2.42. The second-order valence-electron chi connectivity index (χ2n) is 2.98. The van der Waals surface area contributed by atoms with E-state index >= 15 is 0 Å². The molecule has 82 valence electrons. The zero-order valence-corrected chi connectivity index (χ0v) is 9.39. The highest BCUT2D eigenvalue weighted by atomic mass is 32.2. The van der Waals surface area contributed by atoms with Crippen molar-refractivity contribution >= 4 is 10.2 Å². The van der Waals surface area contributed by atoms with Gasteiger partial charge in [0, 0.05) is 12.6 Å². The van der Waals surface area contributed by atoms with Crippen molar-refractivity contribution in [3.05, 3.63) is 0 Å². The van der Waals surface area contributed by atoms with E-state index < -0.39 is 10.2 Å². The highest BCUT2D eigenvalue weighted by Crippen LogP contribution is 1.97. The van der Waals surface area contributed by atoms with Crippen molar-refractivity contribution < 1.29 is 8.42 Å². The van der Waals surface area contributed by atoms with Crippen LogP contribution in [0.3, 0.4) is 0 Å². The van der Waals surface area contributed by atoms with Gasteiger partial charge in [0.2, 0.25) is 0 Å². The van der Waals surface area contributed by atoms with Gasteiger partial charge in [0.25, 0.3) is 10.2 Å². The molecule has 5 nitrogen and oxygen atoms in total. The fourth-order valence-electron chi connectivity index (χ4n) is 0.877. The molecule has 0 aliphatic heterocycles. The molecule has 0 aliphatic rings. The third-order valence-corrected chi connectivity index (χ3v) is 2.92. The summed E-state index contributed by atoms with van der Waals surface area (Å²) in [5.41, 5.74) is 0. The van der Waals surface area contributed by atoms with Crippen LogP contribution in [0, 0.1) is 11.3 Å².